The van der Waals surface area contributed by atoms with Crippen LogP contribution in [0.3, 0.4) is 0 Å². The van der Waals surface area contributed by atoms with Crippen molar-refractivity contribution in [3.63, 3.8) is 0 Å². The molecule has 1 amide bonds. The van der Waals surface area contributed by atoms with Gasteiger partial charge in [-0.3, -0.25) is 9.35 Å². The Morgan fingerprint density at radius 1 is 1.00 bits per heavy atom. The van der Waals surface area contributed by atoms with E-state index in [2.05, 4.69) is 9.50 Å². The number of rotatable bonds is 7. The van der Waals surface area contributed by atoms with Crippen molar-refractivity contribution >= 4 is 16.3 Å². The summed E-state index contributed by atoms with van der Waals surface area (Å²) in [5.41, 5.74) is 0. The number of hydrogen-bond acceptors (Lipinski definition) is 13. The second-order valence-corrected chi connectivity index (χ2v) is 7.88. The molecule has 15 nitrogen and oxygen atoms in total. The number of carbonyl (C=O) groups is 1. The molecule has 2 heterocycles. The highest BCUT2D eigenvalue weighted by Gasteiger charge is 2.51. The number of nitrogens with one attached hydrogen (secondary N) is 1. The van der Waals surface area contributed by atoms with Gasteiger partial charge in [0, 0.05) is 6.92 Å². The van der Waals surface area contributed by atoms with Gasteiger partial charge in [0.2, 0.25) is 5.91 Å². The highest BCUT2D eigenvalue weighted by molar-refractivity contribution is 7.80. The maximum absolute atomic E-state index is 11.3. The van der Waals surface area contributed by atoms with E-state index in [4.69, 9.17) is 18.8 Å². The van der Waals surface area contributed by atoms with Gasteiger partial charge in [0.1, 0.15) is 48.8 Å². The minimum absolute atomic E-state index is 0.666. The summed E-state index contributed by atoms with van der Waals surface area (Å²) in [4.78, 5) is 11.3. The van der Waals surface area contributed by atoms with E-state index in [0.717, 1.165) is 6.92 Å². The van der Waals surface area contributed by atoms with E-state index in [0.29, 0.717) is 0 Å². The molecule has 2 saturated heterocycles. The van der Waals surface area contributed by atoms with Crippen molar-refractivity contribution in [3.8, 4) is 0 Å². The maximum Gasteiger partial charge on any atom is 0.397 e. The zero-order chi connectivity index (χ0) is 22.8. The fourth-order valence-electron chi connectivity index (χ4n) is 3.12. The summed E-state index contributed by atoms with van der Waals surface area (Å²) in [5, 5.41) is 61.8. The predicted molar refractivity (Wildman–Crippen MR) is 90.6 cm³/mol. The van der Waals surface area contributed by atoms with Crippen LogP contribution in [-0.2, 0) is 33.6 Å². The Kier molecular flexibility index (Phi) is 8.47. The molecule has 8 N–H and O–H groups in total. The standard InChI is InChI=1S/C14H25NO14S/c1-4(17)15-7-9(19)12(6(27-13(7)22)3-26-30(23,24)25)29-14-11(21)10(20)8(18)5(2-16)28-14/h5-14,16,18-22H,2-3H2,1H3,(H,15,17)(H,23,24,25)/t5?,6?,7?,8-,9?,10?,11?,12+,13+,14-/m0/s1. The molecule has 2 aliphatic rings. The van der Waals surface area contributed by atoms with Crippen LogP contribution in [0.25, 0.3) is 0 Å². The Morgan fingerprint density at radius 3 is 2.17 bits per heavy atom. The fraction of sp³-hybridized carbons (Fsp3) is 0.929. The largest absolute Gasteiger partial charge is 0.397 e. The lowest BCUT2D eigenvalue weighted by molar-refractivity contribution is -0.344. The first-order valence-corrected chi connectivity index (χ1v) is 10.1. The normalized spacial score (nSPS) is 42.7. The zero-order valence-electron chi connectivity index (χ0n) is 15.6. The Labute approximate surface area is 170 Å². The summed E-state index contributed by atoms with van der Waals surface area (Å²) in [6.07, 6.45) is -15.3. The van der Waals surface area contributed by atoms with E-state index >= 15 is 0 Å². The lowest BCUT2D eigenvalue weighted by Crippen LogP contribution is -2.67. The van der Waals surface area contributed by atoms with Crippen molar-refractivity contribution in [2.45, 2.75) is 68.3 Å². The molecule has 6 unspecified atom stereocenters. The molecule has 0 aliphatic carbocycles. The lowest BCUT2D eigenvalue weighted by atomic mass is 9.95. The Bertz CT molecular complexity index is 688. The monoisotopic (exact) mass is 463 g/mol. The number of ether oxygens (including phenoxy) is 3. The fourth-order valence-corrected chi connectivity index (χ4v) is 3.42. The Morgan fingerprint density at radius 2 is 1.63 bits per heavy atom. The third-order valence-corrected chi connectivity index (χ3v) is 5.02. The van der Waals surface area contributed by atoms with E-state index in [9.17, 15) is 43.9 Å². The Hall–Kier alpha value is -1.02. The van der Waals surface area contributed by atoms with E-state index in [1.54, 1.807) is 0 Å². The number of aliphatic hydroxyl groups excluding tert-OH is 6. The smallest absolute Gasteiger partial charge is 0.394 e. The van der Waals surface area contributed by atoms with Gasteiger partial charge in [-0.1, -0.05) is 0 Å². The highest BCUT2D eigenvalue weighted by Crippen LogP contribution is 2.29. The van der Waals surface area contributed by atoms with Crippen LogP contribution in [0.1, 0.15) is 6.92 Å². The molecule has 16 heteroatoms. The van der Waals surface area contributed by atoms with Gasteiger partial charge in [-0.15, -0.1) is 0 Å². The zero-order valence-corrected chi connectivity index (χ0v) is 16.4. The van der Waals surface area contributed by atoms with Gasteiger partial charge in [0.25, 0.3) is 0 Å². The van der Waals surface area contributed by atoms with E-state index in [1.807, 2.05) is 0 Å². The lowest BCUT2D eigenvalue weighted by Gasteiger charge is -2.46. The molecule has 2 aliphatic heterocycles. The third-order valence-electron chi connectivity index (χ3n) is 4.58. The van der Waals surface area contributed by atoms with Crippen molar-refractivity contribution in [1.82, 2.24) is 5.32 Å². The van der Waals surface area contributed by atoms with Crippen LogP contribution in [0.4, 0.5) is 0 Å². The number of carbonyl (C=O) groups excluding carboxylic acids is 1. The van der Waals surface area contributed by atoms with Crippen molar-refractivity contribution in [1.29, 1.82) is 0 Å². The number of hydrogen-bond donors (Lipinski definition) is 8. The van der Waals surface area contributed by atoms with Gasteiger partial charge >= 0.3 is 10.4 Å². The number of amides is 1. The van der Waals surface area contributed by atoms with Crippen LogP contribution in [0, 0.1) is 0 Å². The predicted octanol–water partition coefficient (Wildman–Crippen LogP) is -5.43. The van der Waals surface area contributed by atoms with Crippen molar-refractivity contribution < 1.29 is 66.8 Å². The van der Waals surface area contributed by atoms with Crippen LogP contribution in [-0.4, -0.2) is 124 Å². The maximum atomic E-state index is 11.3. The molecular weight excluding hydrogens is 438 g/mol. The first-order chi connectivity index (χ1) is 13.9. The van der Waals surface area contributed by atoms with E-state index in [-0.39, 0.29) is 0 Å². The van der Waals surface area contributed by atoms with Crippen LogP contribution < -0.4 is 5.32 Å². The average molecular weight is 463 g/mol. The molecule has 30 heavy (non-hydrogen) atoms. The van der Waals surface area contributed by atoms with Gasteiger partial charge in [-0.05, 0) is 0 Å². The highest BCUT2D eigenvalue weighted by atomic mass is 32.3. The van der Waals surface area contributed by atoms with Crippen LogP contribution >= 0.6 is 0 Å². The summed E-state index contributed by atoms with van der Waals surface area (Å²) < 4.78 is 50.3. The SMILES string of the molecule is CC(=O)NC1C(O)[C@H](O[C@@H]2OC(CO)[C@H](O)C(O)C2O)C(COS(=O)(=O)O)O[C@H]1O. The first-order valence-electron chi connectivity index (χ1n) is 8.72. The summed E-state index contributed by atoms with van der Waals surface area (Å²) >= 11 is 0. The summed E-state index contributed by atoms with van der Waals surface area (Å²) in [6.45, 7) is -0.640. The minimum Gasteiger partial charge on any atom is -0.394 e. The van der Waals surface area contributed by atoms with Gasteiger partial charge in [0.05, 0.1) is 13.2 Å². The van der Waals surface area contributed by atoms with Crippen LogP contribution in [0.5, 0.6) is 0 Å². The van der Waals surface area contributed by atoms with Crippen LogP contribution in [0.2, 0.25) is 0 Å². The molecule has 0 spiro atoms. The first kappa shape index (κ1) is 25.2. The molecule has 0 aromatic rings. The van der Waals surface area contributed by atoms with Gasteiger partial charge in [0.15, 0.2) is 12.6 Å². The van der Waals surface area contributed by atoms with Gasteiger partial charge in [-0.25, -0.2) is 4.18 Å². The molecule has 176 valence electrons. The van der Waals surface area contributed by atoms with Gasteiger partial charge in [-0.2, -0.15) is 8.42 Å². The van der Waals surface area contributed by atoms with E-state index < -0.39 is 90.9 Å². The van der Waals surface area contributed by atoms with E-state index in [1.165, 1.54) is 0 Å². The summed E-state index contributed by atoms with van der Waals surface area (Å²) in [5.74, 6) is -0.666. The second-order valence-electron chi connectivity index (χ2n) is 6.79. The quantitative estimate of drug-likeness (QED) is 0.164. The molecule has 0 aromatic carbocycles. The minimum atomic E-state index is -4.94. The van der Waals surface area contributed by atoms with Crippen molar-refractivity contribution in [2.75, 3.05) is 13.2 Å². The average Bonchev–Trinajstić information content (AvgIpc) is 2.65. The molecule has 10 atom stereocenters. The topological polar surface area (TPSA) is 242 Å². The molecule has 0 saturated carbocycles. The molecule has 0 radical (unpaired) electrons. The van der Waals surface area contributed by atoms with Crippen molar-refractivity contribution in [3.05, 3.63) is 0 Å². The molecule has 0 bridgehead atoms. The van der Waals surface area contributed by atoms with Gasteiger partial charge < -0.3 is 50.2 Å². The molecular formula is C14H25NO14S. The van der Waals surface area contributed by atoms with Crippen molar-refractivity contribution in [2.24, 2.45) is 0 Å². The third kappa shape index (κ3) is 6.02. The number of aliphatic hydroxyl groups is 6. The summed E-state index contributed by atoms with van der Waals surface area (Å²) in [6, 6.07) is -1.46. The molecule has 2 rings (SSSR count). The second kappa shape index (κ2) is 10.1. The van der Waals surface area contributed by atoms with Crippen LogP contribution in [0.15, 0.2) is 0 Å². The molecule has 2 fully saturated rings. The summed E-state index contributed by atoms with van der Waals surface area (Å²) in [7, 11) is -4.94. The molecule has 0 aromatic heterocycles. The Balaban J connectivity index is 2.25.